The number of hydrogen-bond donors (Lipinski definition) is 2. The smallest absolute Gasteiger partial charge is 0.241 e. The van der Waals surface area contributed by atoms with E-state index in [1.807, 2.05) is 31.7 Å². The van der Waals surface area contributed by atoms with E-state index in [0.29, 0.717) is 5.92 Å². The summed E-state index contributed by atoms with van der Waals surface area (Å²) in [5.41, 5.74) is 6.95. The predicted molar refractivity (Wildman–Crippen MR) is 99.9 cm³/mol. The highest BCUT2D eigenvalue weighted by molar-refractivity contribution is 5.87. The maximum Gasteiger partial charge on any atom is 0.241 e. The van der Waals surface area contributed by atoms with Crippen molar-refractivity contribution in [2.75, 3.05) is 19.6 Å². The molecule has 0 spiro atoms. The minimum absolute atomic E-state index is 0.0207. The van der Waals surface area contributed by atoms with Gasteiger partial charge < -0.3 is 16.0 Å². The average molecular weight is 345 g/mol. The topological polar surface area (TPSA) is 75.4 Å². The number of carbonyl (C=O) groups excluding carboxylic acids is 2. The fourth-order valence-corrected chi connectivity index (χ4v) is 3.11. The molecule has 2 rings (SSSR count). The van der Waals surface area contributed by atoms with Crippen molar-refractivity contribution in [1.29, 1.82) is 0 Å². The van der Waals surface area contributed by atoms with Gasteiger partial charge in [-0.05, 0) is 36.2 Å². The molecule has 1 aromatic rings. The summed E-state index contributed by atoms with van der Waals surface area (Å²) in [6.07, 6.45) is 3.09. The van der Waals surface area contributed by atoms with Crippen LogP contribution in [0.5, 0.6) is 0 Å². The van der Waals surface area contributed by atoms with Gasteiger partial charge in [0.2, 0.25) is 11.8 Å². The molecule has 5 heteroatoms. The number of hydrogen-bond acceptors (Lipinski definition) is 3. The Balaban J connectivity index is 1.73. The largest absolute Gasteiger partial charge is 0.346 e. The number of nitrogens with zero attached hydrogens (tertiary/aromatic N) is 1. The molecule has 1 fully saturated rings. The van der Waals surface area contributed by atoms with Crippen molar-refractivity contribution in [1.82, 2.24) is 10.2 Å². The fourth-order valence-electron chi connectivity index (χ4n) is 3.11. The summed E-state index contributed by atoms with van der Waals surface area (Å²) >= 11 is 0. The lowest BCUT2D eigenvalue weighted by Crippen LogP contribution is -2.51. The Morgan fingerprint density at radius 1 is 1.20 bits per heavy atom. The molecule has 1 saturated heterocycles. The maximum absolute atomic E-state index is 12.3. The minimum Gasteiger partial charge on any atom is -0.346 e. The zero-order valence-corrected chi connectivity index (χ0v) is 15.6. The van der Waals surface area contributed by atoms with E-state index in [9.17, 15) is 9.59 Å². The lowest BCUT2D eigenvalue weighted by molar-refractivity contribution is -0.134. The van der Waals surface area contributed by atoms with Crippen LogP contribution < -0.4 is 11.1 Å². The minimum atomic E-state index is -0.614. The van der Waals surface area contributed by atoms with Crippen molar-refractivity contribution in [2.45, 2.75) is 46.1 Å². The van der Waals surface area contributed by atoms with E-state index in [0.717, 1.165) is 32.4 Å². The van der Waals surface area contributed by atoms with Gasteiger partial charge in [0.15, 0.2) is 0 Å². The number of rotatable bonds is 5. The summed E-state index contributed by atoms with van der Waals surface area (Å²) in [5.74, 6) is 0.336. The third-order valence-electron chi connectivity index (χ3n) is 4.96. The van der Waals surface area contributed by atoms with Crippen LogP contribution in [0.3, 0.4) is 0 Å². The van der Waals surface area contributed by atoms with Crippen LogP contribution in [0, 0.1) is 11.3 Å². The van der Waals surface area contributed by atoms with Crippen LogP contribution in [0.15, 0.2) is 30.3 Å². The van der Waals surface area contributed by atoms with Gasteiger partial charge in [0, 0.05) is 13.1 Å². The number of amides is 2. The van der Waals surface area contributed by atoms with Gasteiger partial charge in [-0.15, -0.1) is 0 Å². The van der Waals surface area contributed by atoms with Crippen molar-refractivity contribution in [3.8, 4) is 0 Å². The highest BCUT2D eigenvalue weighted by atomic mass is 16.2. The number of likely N-dealkylation sites (tertiary alicyclic amines) is 1. The second-order valence-corrected chi connectivity index (χ2v) is 8.08. The Hall–Kier alpha value is -1.88. The van der Waals surface area contributed by atoms with Gasteiger partial charge in [-0.2, -0.15) is 0 Å². The Kier molecular flexibility index (Phi) is 6.59. The third kappa shape index (κ3) is 5.85. The molecule has 1 atom stereocenters. The lowest BCUT2D eigenvalue weighted by Gasteiger charge is -2.32. The number of nitrogens with one attached hydrogen (secondary N) is 1. The van der Waals surface area contributed by atoms with E-state index in [-0.39, 0.29) is 23.8 Å². The van der Waals surface area contributed by atoms with E-state index in [2.05, 4.69) is 29.6 Å². The molecule has 2 amide bonds. The standard InChI is InChI=1S/C20H31N3O2/c1-20(2,3)18(21)19(25)22-14-17(24)23-11-9-16(10-12-23)13-15-7-5-4-6-8-15/h4-8,16,18H,9-14,21H2,1-3H3,(H,22,25)/t18-/m1/s1. The molecule has 138 valence electrons. The molecule has 0 aromatic heterocycles. The molecule has 1 heterocycles. The molecule has 3 N–H and O–H groups in total. The van der Waals surface area contributed by atoms with Crippen LogP contribution in [0.25, 0.3) is 0 Å². The van der Waals surface area contributed by atoms with Crippen LogP contribution in [0.4, 0.5) is 0 Å². The van der Waals surface area contributed by atoms with E-state index in [4.69, 9.17) is 5.73 Å². The Morgan fingerprint density at radius 3 is 2.36 bits per heavy atom. The molecule has 1 aromatic carbocycles. The molecular formula is C20H31N3O2. The summed E-state index contributed by atoms with van der Waals surface area (Å²) in [6.45, 7) is 7.30. The summed E-state index contributed by atoms with van der Waals surface area (Å²) < 4.78 is 0. The van der Waals surface area contributed by atoms with Crippen LogP contribution in [-0.4, -0.2) is 42.4 Å². The van der Waals surface area contributed by atoms with Crippen LogP contribution in [0.1, 0.15) is 39.2 Å². The predicted octanol–water partition coefficient (Wildman–Crippen LogP) is 1.96. The first kappa shape index (κ1) is 19.4. The maximum atomic E-state index is 12.3. The third-order valence-corrected chi connectivity index (χ3v) is 4.96. The van der Waals surface area contributed by atoms with Crippen molar-refractivity contribution in [2.24, 2.45) is 17.1 Å². The summed E-state index contributed by atoms with van der Waals surface area (Å²) in [6, 6.07) is 9.87. The zero-order valence-electron chi connectivity index (χ0n) is 15.6. The van der Waals surface area contributed by atoms with E-state index in [1.54, 1.807) is 0 Å². The number of carbonyl (C=O) groups is 2. The van der Waals surface area contributed by atoms with Gasteiger partial charge in [0.05, 0.1) is 12.6 Å². The monoisotopic (exact) mass is 345 g/mol. The second-order valence-electron chi connectivity index (χ2n) is 8.08. The fraction of sp³-hybridized carbons (Fsp3) is 0.600. The number of piperidine rings is 1. The van der Waals surface area contributed by atoms with Crippen molar-refractivity contribution >= 4 is 11.8 Å². The van der Waals surface area contributed by atoms with E-state index >= 15 is 0 Å². The first-order valence-electron chi connectivity index (χ1n) is 9.12. The van der Waals surface area contributed by atoms with Crippen molar-refractivity contribution in [3.63, 3.8) is 0 Å². The first-order chi connectivity index (χ1) is 11.8. The highest BCUT2D eigenvalue weighted by Crippen LogP contribution is 2.21. The summed E-state index contributed by atoms with van der Waals surface area (Å²) in [5, 5.41) is 2.68. The number of benzene rings is 1. The average Bonchev–Trinajstić information content (AvgIpc) is 2.59. The highest BCUT2D eigenvalue weighted by Gasteiger charge is 2.28. The molecule has 5 nitrogen and oxygen atoms in total. The molecule has 0 saturated carbocycles. The quantitative estimate of drug-likeness (QED) is 0.856. The SMILES string of the molecule is CC(C)(C)[C@H](N)C(=O)NCC(=O)N1CCC(Cc2ccccc2)CC1. The van der Waals surface area contributed by atoms with Crippen molar-refractivity contribution < 1.29 is 9.59 Å². The molecular weight excluding hydrogens is 314 g/mol. The molecule has 0 bridgehead atoms. The Labute approximate surface area is 151 Å². The second kappa shape index (κ2) is 8.48. The van der Waals surface area contributed by atoms with Crippen LogP contribution in [0.2, 0.25) is 0 Å². The van der Waals surface area contributed by atoms with Gasteiger partial charge >= 0.3 is 0 Å². The van der Waals surface area contributed by atoms with Gasteiger partial charge in [0.1, 0.15) is 0 Å². The van der Waals surface area contributed by atoms with E-state index in [1.165, 1.54) is 5.56 Å². The van der Waals surface area contributed by atoms with Gasteiger partial charge in [-0.1, -0.05) is 51.1 Å². The van der Waals surface area contributed by atoms with Gasteiger partial charge in [0.25, 0.3) is 0 Å². The lowest BCUT2D eigenvalue weighted by atomic mass is 9.87. The normalized spacial score (nSPS) is 17.2. The Morgan fingerprint density at radius 2 is 1.80 bits per heavy atom. The molecule has 0 unspecified atom stereocenters. The molecule has 0 aliphatic carbocycles. The Bertz CT molecular complexity index is 572. The first-order valence-corrected chi connectivity index (χ1v) is 9.12. The van der Waals surface area contributed by atoms with E-state index < -0.39 is 6.04 Å². The number of nitrogens with two attached hydrogens (primary N) is 1. The van der Waals surface area contributed by atoms with Crippen molar-refractivity contribution in [3.05, 3.63) is 35.9 Å². The van der Waals surface area contributed by atoms with Crippen LogP contribution in [-0.2, 0) is 16.0 Å². The summed E-state index contributed by atoms with van der Waals surface area (Å²) in [4.78, 5) is 26.2. The molecule has 0 radical (unpaired) electrons. The zero-order chi connectivity index (χ0) is 18.4. The van der Waals surface area contributed by atoms with Gasteiger partial charge in [-0.3, -0.25) is 9.59 Å². The molecule has 25 heavy (non-hydrogen) atoms. The van der Waals surface area contributed by atoms with Crippen LogP contribution >= 0.6 is 0 Å². The summed E-state index contributed by atoms with van der Waals surface area (Å²) in [7, 11) is 0. The molecule has 1 aliphatic heterocycles. The van der Waals surface area contributed by atoms with Gasteiger partial charge in [-0.25, -0.2) is 0 Å². The molecule has 1 aliphatic rings.